The number of carbonyl (C=O) groups excluding carboxylic acids is 2. The van der Waals surface area contributed by atoms with Crippen LogP contribution in [-0.4, -0.2) is 11.9 Å². The monoisotopic (exact) mass is 437 g/mol. The molecule has 0 aliphatic rings. The van der Waals surface area contributed by atoms with Crippen LogP contribution in [0.2, 0.25) is 5.02 Å². The fourth-order valence-corrected chi connectivity index (χ4v) is 3.02. The Morgan fingerprint density at radius 2 is 1.35 bits per heavy atom. The van der Waals surface area contributed by atoms with Crippen molar-refractivity contribution >= 4 is 29.2 Å². The highest BCUT2D eigenvalue weighted by atomic mass is 35.5. The van der Waals surface area contributed by atoms with Gasteiger partial charge in [0.25, 0.3) is 0 Å². The maximum Gasteiger partial charge on any atom is 0.343 e. The summed E-state index contributed by atoms with van der Waals surface area (Å²) in [5, 5.41) is 0.514. The molecule has 0 amide bonds. The van der Waals surface area contributed by atoms with Gasteiger partial charge in [-0.25, -0.2) is 9.59 Å². The lowest BCUT2D eigenvalue weighted by Gasteiger charge is -2.22. The summed E-state index contributed by atoms with van der Waals surface area (Å²) in [5.74, 6) is -0.784. The van der Waals surface area contributed by atoms with Crippen molar-refractivity contribution in [2.24, 2.45) is 0 Å². The summed E-state index contributed by atoms with van der Waals surface area (Å²) in [6.45, 7) is 7.95. The van der Waals surface area contributed by atoms with Gasteiger partial charge in [-0.15, -0.1) is 0 Å². The minimum Gasteiger partial charge on any atom is -0.419 e. The second-order valence-corrected chi connectivity index (χ2v) is 8.71. The molecule has 5 nitrogen and oxygen atoms in total. The van der Waals surface area contributed by atoms with E-state index in [9.17, 15) is 9.59 Å². The summed E-state index contributed by atoms with van der Waals surface area (Å²) in [6, 6.07) is 16.4. The fraction of sp³-hybridized carbons (Fsp3) is 0.200. The first-order valence-corrected chi connectivity index (χ1v) is 10.1. The first-order valence-electron chi connectivity index (χ1n) is 9.75. The maximum atomic E-state index is 12.7. The Hall–Kier alpha value is -3.31. The van der Waals surface area contributed by atoms with Crippen LogP contribution in [-0.2, 0) is 5.41 Å². The molecule has 0 saturated heterocycles. The molecule has 31 heavy (non-hydrogen) atoms. The minimum absolute atomic E-state index is 0.175. The molecular formula is C25H24ClNO4. The van der Waals surface area contributed by atoms with Crippen molar-refractivity contribution in [3.05, 3.63) is 87.9 Å². The van der Waals surface area contributed by atoms with Crippen LogP contribution in [0.25, 0.3) is 0 Å². The van der Waals surface area contributed by atoms with Crippen molar-refractivity contribution in [2.45, 2.75) is 33.1 Å². The molecular weight excluding hydrogens is 414 g/mol. The number of benzene rings is 3. The molecule has 0 unspecified atom stereocenters. The molecule has 2 N–H and O–H groups in total. The molecule has 3 aromatic rings. The second kappa shape index (κ2) is 8.82. The molecule has 3 aromatic carbocycles. The van der Waals surface area contributed by atoms with E-state index < -0.39 is 11.9 Å². The van der Waals surface area contributed by atoms with Gasteiger partial charge < -0.3 is 15.2 Å². The first-order chi connectivity index (χ1) is 14.5. The van der Waals surface area contributed by atoms with Crippen molar-refractivity contribution < 1.29 is 19.1 Å². The molecule has 0 heterocycles. The van der Waals surface area contributed by atoms with E-state index >= 15 is 0 Å². The van der Waals surface area contributed by atoms with Gasteiger partial charge in [-0.05, 0) is 78.1 Å². The average molecular weight is 438 g/mol. The first kappa shape index (κ1) is 22.4. The number of esters is 2. The smallest absolute Gasteiger partial charge is 0.343 e. The third kappa shape index (κ3) is 5.44. The lowest BCUT2D eigenvalue weighted by molar-refractivity contribution is 0.0681. The van der Waals surface area contributed by atoms with Crippen molar-refractivity contribution in [1.82, 2.24) is 0 Å². The number of anilines is 1. The van der Waals surface area contributed by atoms with Gasteiger partial charge in [-0.2, -0.15) is 0 Å². The maximum absolute atomic E-state index is 12.7. The highest BCUT2D eigenvalue weighted by Crippen LogP contribution is 2.37. The van der Waals surface area contributed by atoms with E-state index in [0.717, 1.165) is 5.56 Å². The molecule has 0 saturated carbocycles. The molecule has 0 aliphatic carbocycles. The number of rotatable bonds is 4. The Morgan fingerprint density at radius 1 is 0.839 bits per heavy atom. The lowest BCUT2D eigenvalue weighted by atomic mass is 9.86. The summed E-state index contributed by atoms with van der Waals surface area (Å²) in [7, 11) is 0. The third-order valence-corrected chi connectivity index (χ3v) is 4.98. The van der Waals surface area contributed by atoms with Gasteiger partial charge in [-0.3, -0.25) is 0 Å². The predicted molar refractivity (Wildman–Crippen MR) is 122 cm³/mol. The van der Waals surface area contributed by atoms with E-state index in [4.69, 9.17) is 26.8 Å². The number of aryl methyl sites for hydroxylation is 1. The summed E-state index contributed by atoms with van der Waals surface area (Å²) in [5.41, 5.74) is 8.31. The molecule has 3 rings (SSSR count). The average Bonchev–Trinajstić information content (AvgIpc) is 2.70. The van der Waals surface area contributed by atoms with Gasteiger partial charge in [0.15, 0.2) is 11.5 Å². The Bertz CT molecular complexity index is 1110. The van der Waals surface area contributed by atoms with Crippen molar-refractivity contribution in [2.75, 3.05) is 5.73 Å². The Labute approximate surface area is 186 Å². The predicted octanol–water partition coefficient (Wildman–Crippen LogP) is 5.97. The van der Waals surface area contributed by atoms with Crippen LogP contribution >= 0.6 is 11.6 Å². The van der Waals surface area contributed by atoms with Crippen LogP contribution < -0.4 is 15.2 Å². The molecule has 0 fully saturated rings. The van der Waals surface area contributed by atoms with Crippen molar-refractivity contribution in [3.8, 4) is 11.5 Å². The highest BCUT2D eigenvalue weighted by Gasteiger charge is 2.23. The van der Waals surface area contributed by atoms with E-state index in [2.05, 4.69) is 0 Å². The van der Waals surface area contributed by atoms with E-state index in [1.807, 2.05) is 26.8 Å². The van der Waals surface area contributed by atoms with Crippen LogP contribution in [0.1, 0.15) is 52.6 Å². The largest absolute Gasteiger partial charge is 0.419 e. The van der Waals surface area contributed by atoms with Crippen molar-refractivity contribution in [3.63, 3.8) is 0 Å². The van der Waals surface area contributed by atoms with Crippen LogP contribution in [0.3, 0.4) is 0 Å². The summed E-state index contributed by atoms with van der Waals surface area (Å²) < 4.78 is 11.3. The summed E-state index contributed by atoms with van der Waals surface area (Å²) in [4.78, 5) is 25.4. The number of halogens is 1. The zero-order chi connectivity index (χ0) is 22.8. The van der Waals surface area contributed by atoms with E-state index in [0.29, 0.717) is 27.4 Å². The molecule has 0 bridgehead atoms. The van der Waals surface area contributed by atoms with Crippen LogP contribution in [0.15, 0.2) is 60.7 Å². The Morgan fingerprint density at radius 3 is 1.90 bits per heavy atom. The topological polar surface area (TPSA) is 78.6 Å². The van der Waals surface area contributed by atoms with Gasteiger partial charge in [-0.1, -0.05) is 38.4 Å². The van der Waals surface area contributed by atoms with E-state index in [1.54, 1.807) is 61.5 Å². The highest BCUT2D eigenvalue weighted by molar-refractivity contribution is 6.30. The number of hydrogen-bond donors (Lipinski definition) is 1. The normalized spacial score (nSPS) is 11.1. The van der Waals surface area contributed by atoms with Gasteiger partial charge in [0.1, 0.15) is 0 Å². The lowest BCUT2D eigenvalue weighted by Crippen LogP contribution is -2.16. The fourth-order valence-electron chi connectivity index (χ4n) is 2.90. The summed E-state index contributed by atoms with van der Waals surface area (Å²) in [6.07, 6.45) is 0. The third-order valence-electron chi connectivity index (χ3n) is 4.73. The Balaban J connectivity index is 1.98. The van der Waals surface area contributed by atoms with Crippen LogP contribution in [0.4, 0.5) is 5.69 Å². The summed E-state index contributed by atoms with van der Waals surface area (Å²) >= 11 is 5.90. The zero-order valence-corrected chi connectivity index (χ0v) is 18.6. The molecule has 0 aromatic heterocycles. The minimum atomic E-state index is -0.577. The number of carbonyl (C=O) groups is 2. The number of ether oxygens (including phenoxy) is 2. The standard InChI is InChI=1S/C25H24ClNO4/c1-15-13-18(25(2,3)4)14-21(30-23(28)16-5-9-19(26)10-6-16)22(15)31-24(29)17-7-11-20(27)12-8-17/h5-14H,27H2,1-4H3. The van der Waals surface area contributed by atoms with Gasteiger partial charge >= 0.3 is 11.9 Å². The van der Waals surface area contributed by atoms with Gasteiger partial charge in [0, 0.05) is 10.7 Å². The molecule has 6 heteroatoms. The molecule has 0 radical (unpaired) electrons. The molecule has 0 spiro atoms. The number of hydrogen-bond acceptors (Lipinski definition) is 5. The van der Waals surface area contributed by atoms with Crippen LogP contribution in [0, 0.1) is 6.92 Å². The van der Waals surface area contributed by atoms with Gasteiger partial charge in [0.2, 0.25) is 0 Å². The van der Waals surface area contributed by atoms with Crippen LogP contribution in [0.5, 0.6) is 11.5 Å². The zero-order valence-electron chi connectivity index (χ0n) is 17.9. The number of nitrogen functional groups attached to an aromatic ring is 1. The van der Waals surface area contributed by atoms with Gasteiger partial charge in [0.05, 0.1) is 11.1 Å². The number of nitrogens with two attached hydrogens (primary N) is 1. The van der Waals surface area contributed by atoms with E-state index in [1.165, 1.54) is 0 Å². The molecule has 0 atom stereocenters. The molecule has 0 aliphatic heterocycles. The van der Waals surface area contributed by atoms with Crippen molar-refractivity contribution in [1.29, 1.82) is 0 Å². The SMILES string of the molecule is Cc1cc(C(C)(C)C)cc(OC(=O)c2ccc(Cl)cc2)c1OC(=O)c1ccc(N)cc1. The van der Waals surface area contributed by atoms with E-state index in [-0.39, 0.29) is 16.9 Å². The molecule has 160 valence electrons. The second-order valence-electron chi connectivity index (χ2n) is 8.28. The quantitative estimate of drug-likeness (QED) is 0.309. The Kier molecular flexibility index (Phi) is 6.37.